The fraction of sp³-hybridized carbons (Fsp3) is 0.625. The van der Waals surface area contributed by atoms with Crippen LogP contribution in [0.25, 0.3) is 0 Å². The van der Waals surface area contributed by atoms with Gasteiger partial charge in [-0.1, -0.05) is 25.0 Å². The predicted octanol–water partition coefficient (Wildman–Crippen LogP) is 2.34. The molecule has 4 heteroatoms. The molecule has 3 atom stereocenters. The number of likely N-dealkylation sites (N-methyl/N-ethyl adjacent to an activating group) is 1. The van der Waals surface area contributed by atoms with E-state index in [9.17, 15) is 14.6 Å². The molecule has 0 amide bonds. The van der Waals surface area contributed by atoms with Gasteiger partial charge in [-0.2, -0.15) is 0 Å². The van der Waals surface area contributed by atoms with Crippen molar-refractivity contribution in [1.82, 2.24) is 4.90 Å². The topological polar surface area (TPSA) is 43.7 Å². The lowest BCUT2D eigenvalue weighted by atomic mass is 9.86. The first kappa shape index (κ1) is 15.4. The molecule has 2 rings (SSSR count). The molecule has 0 aromatic heterocycles. The fourth-order valence-corrected chi connectivity index (χ4v) is 2.96. The molecular weight excluding hydrogens is 257 g/mol. The van der Waals surface area contributed by atoms with Gasteiger partial charge >= 0.3 is 0 Å². The van der Waals surface area contributed by atoms with Crippen LogP contribution < -0.4 is 0 Å². The highest BCUT2D eigenvalue weighted by molar-refractivity contribution is 5.18. The van der Waals surface area contributed by atoms with Gasteiger partial charge in [0.2, 0.25) is 0 Å². The lowest BCUT2D eigenvalue weighted by molar-refractivity contribution is 0.0400. The Kier molecular flexibility index (Phi) is 5.52. The highest BCUT2D eigenvalue weighted by Gasteiger charge is 2.24. The van der Waals surface area contributed by atoms with Crippen molar-refractivity contribution in [3.05, 3.63) is 35.6 Å². The zero-order chi connectivity index (χ0) is 14.5. The van der Waals surface area contributed by atoms with Crippen molar-refractivity contribution < 1.29 is 14.6 Å². The summed E-state index contributed by atoms with van der Waals surface area (Å²) in [4.78, 5) is 2.05. The van der Waals surface area contributed by atoms with Crippen LogP contribution in [0, 0.1) is 11.7 Å². The summed E-state index contributed by atoms with van der Waals surface area (Å²) in [7, 11) is 1.95. The van der Waals surface area contributed by atoms with Crippen molar-refractivity contribution in [2.45, 2.75) is 37.9 Å². The van der Waals surface area contributed by atoms with Crippen LogP contribution >= 0.6 is 0 Å². The highest BCUT2D eigenvalue weighted by Crippen LogP contribution is 2.25. The molecule has 112 valence electrons. The van der Waals surface area contributed by atoms with Crippen LogP contribution in [0.4, 0.5) is 4.39 Å². The molecule has 0 radical (unpaired) electrons. The summed E-state index contributed by atoms with van der Waals surface area (Å²) in [6, 6.07) is 5.96. The van der Waals surface area contributed by atoms with Crippen LogP contribution in [0.3, 0.4) is 0 Å². The Morgan fingerprint density at radius 1 is 1.25 bits per heavy atom. The molecule has 20 heavy (non-hydrogen) atoms. The van der Waals surface area contributed by atoms with Crippen molar-refractivity contribution in [3.63, 3.8) is 0 Å². The Morgan fingerprint density at radius 2 is 1.90 bits per heavy atom. The minimum Gasteiger partial charge on any atom is -0.393 e. The van der Waals surface area contributed by atoms with Gasteiger partial charge < -0.3 is 15.1 Å². The van der Waals surface area contributed by atoms with Crippen molar-refractivity contribution >= 4 is 0 Å². The summed E-state index contributed by atoms with van der Waals surface area (Å²) in [6.07, 6.45) is 3.39. The monoisotopic (exact) mass is 281 g/mol. The van der Waals surface area contributed by atoms with Gasteiger partial charge in [0, 0.05) is 13.1 Å². The van der Waals surface area contributed by atoms with Gasteiger partial charge in [0.25, 0.3) is 0 Å². The lowest BCUT2D eigenvalue weighted by Gasteiger charge is -2.32. The molecule has 3 nitrogen and oxygen atoms in total. The van der Waals surface area contributed by atoms with Gasteiger partial charge in [0.15, 0.2) is 0 Å². The standard InChI is InChI=1S/C16H24FNO2/c1-18(10-13-4-2-3-5-15(13)19)11-16(20)12-6-8-14(17)9-7-12/h6-9,13,15-16,19-20H,2-5,10-11H2,1H3. The largest absolute Gasteiger partial charge is 0.393 e. The molecule has 3 unspecified atom stereocenters. The number of hydrogen-bond donors (Lipinski definition) is 2. The number of aliphatic hydroxyl groups excluding tert-OH is 2. The minimum atomic E-state index is -0.624. The van der Waals surface area contributed by atoms with Gasteiger partial charge in [-0.3, -0.25) is 0 Å². The number of aliphatic hydroxyl groups is 2. The Labute approximate surface area is 120 Å². The number of hydrogen-bond acceptors (Lipinski definition) is 3. The van der Waals surface area contributed by atoms with Crippen molar-refractivity contribution in [1.29, 1.82) is 0 Å². The van der Waals surface area contributed by atoms with E-state index in [0.29, 0.717) is 12.5 Å². The number of benzene rings is 1. The van der Waals surface area contributed by atoms with E-state index in [0.717, 1.165) is 31.4 Å². The Bertz CT molecular complexity index is 409. The molecule has 0 heterocycles. The fourth-order valence-electron chi connectivity index (χ4n) is 2.96. The molecule has 1 aliphatic rings. The molecule has 2 N–H and O–H groups in total. The van der Waals surface area contributed by atoms with E-state index in [1.807, 2.05) is 11.9 Å². The molecular formula is C16H24FNO2. The zero-order valence-electron chi connectivity index (χ0n) is 12.0. The lowest BCUT2D eigenvalue weighted by Crippen LogP contribution is -2.36. The van der Waals surface area contributed by atoms with Crippen molar-refractivity contribution in [2.24, 2.45) is 5.92 Å². The second-order valence-electron chi connectivity index (χ2n) is 5.90. The summed E-state index contributed by atoms with van der Waals surface area (Å²) in [5, 5.41) is 20.1. The SMILES string of the molecule is CN(CC(O)c1ccc(F)cc1)CC1CCCCC1O. The molecule has 1 aromatic rings. The smallest absolute Gasteiger partial charge is 0.123 e. The summed E-state index contributed by atoms with van der Waals surface area (Å²) in [5.41, 5.74) is 0.724. The maximum atomic E-state index is 12.8. The summed E-state index contributed by atoms with van der Waals surface area (Å²) < 4.78 is 12.8. The number of nitrogens with zero attached hydrogens (tertiary/aromatic N) is 1. The van der Waals surface area contributed by atoms with Crippen LogP contribution in [0.2, 0.25) is 0 Å². The van der Waals surface area contributed by atoms with Crippen molar-refractivity contribution in [3.8, 4) is 0 Å². The van der Waals surface area contributed by atoms with E-state index in [1.165, 1.54) is 18.6 Å². The highest BCUT2D eigenvalue weighted by atomic mass is 19.1. The van der Waals surface area contributed by atoms with Crippen LogP contribution in [-0.2, 0) is 0 Å². The zero-order valence-corrected chi connectivity index (χ0v) is 12.0. The molecule has 1 aromatic carbocycles. The van der Waals surface area contributed by atoms with Crippen LogP contribution in [0.1, 0.15) is 37.4 Å². The first-order valence-electron chi connectivity index (χ1n) is 7.36. The first-order chi connectivity index (χ1) is 9.56. The Morgan fingerprint density at radius 3 is 2.55 bits per heavy atom. The second-order valence-corrected chi connectivity index (χ2v) is 5.90. The normalized spacial score (nSPS) is 24.9. The van der Waals surface area contributed by atoms with E-state index < -0.39 is 6.10 Å². The predicted molar refractivity (Wildman–Crippen MR) is 76.8 cm³/mol. The molecule has 1 saturated carbocycles. The average Bonchev–Trinajstić information content (AvgIpc) is 2.42. The second kappa shape index (κ2) is 7.16. The maximum absolute atomic E-state index is 12.8. The van der Waals surface area contributed by atoms with Gasteiger partial charge in [-0.05, 0) is 43.5 Å². The van der Waals surface area contributed by atoms with Gasteiger partial charge in [0.05, 0.1) is 12.2 Å². The minimum absolute atomic E-state index is 0.214. The van der Waals surface area contributed by atoms with Gasteiger partial charge in [-0.15, -0.1) is 0 Å². The van der Waals surface area contributed by atoms with Crippen LogP contribution in [-0.4, -0.2) is 41.4 Å². The average molecular weight is 281 g/mol. The Hall–Kier alpha value is -0.970. The van der Waals surface area contributed by atoms with Gasteiger partial charge in [-0.25, -0.2) is 4.39 Å². The maximum Gasteiger partial charge on any atom is 0.123 e. The molecule has 0 spiro atoms. The molecule has 1 aliphatic carbocycles. The quantitative estimate of drug-likeness (QED) is 0.870. The molecule has 0 aliphatic heterocycles. The number of rotatable bonds is 5. The Balaban J connectivity index is 1.84. The van der Waals surface area contributed by atoms with Crippen LogP contribution in [0.5, 0.6) is 0 Å². The summed E-state index contributed by atoms with van der Waals surface area (Å²) in [6.45, 7) is 1.29. The van der Waals surface area contributed by atoms with E-state index in [1.54, 1.807) is 12.1 Å². The summed E-state index contributed by atoms with van der Waals surface area (Å²) >= 11 is 0. The van der Waals surface area contributed by atoms with Gasteiger partial charge in [0.1, 0.15) is 5.82 Å². The van der Waals surface area contributed by atoms with Crippen LogP contribution in [0.15, 0.2) is 24.3 Å². The van der Waals surface area contributed by atoms with Crippen molar-refractivity contribution in [2.75, 3.05) is 20.1 Å². The third-order valence-corrected chi connectivity index (χ3v) is 4.15. The van der Waals surface area contributed by atoms with E-state index in [2.05, 4.69) is 0 Å². The summed E-state index contributed by atoms with van der Waals surface area (Å²) in [5.74, 6) is 0.00815. The van der Waals surface area contributed by atoms with E-state index in [-0.39, 0.29) is 11.9 Å². The molecule has 0 bridgehead atoms. The van der Waals surface area contributed by atoms with E-state index >= 15 is 0 Å². The third-order valence-electron chi connectivity index (χ3n) is 4.15. The molecule has 1 fully saturated rings. The first-order valence-corrected chi connectivity index (χ1v) is 7.36. The number of halogens is 1. The molecule has 0 saturated heterocycles. The van der Waals surface area contributed by atoms with E-state index in [4.69, 9.17) is 0 Å². The third kappa shape index (κ3) is 4.27.